The third-order valence-electron chi connectivity index (χ3n) is 4.91. The monoisotopic (exact) mass is 461 g/mol. The lowest BCUT2D eigenvalue weighted by Gasteiger charge is -2.30. The van der Waals surface area contributed by atoms with E-state index in [9.17, 15) is 14.0 Å². The number of H-pyrrole nitrogens is 1. The Labute approximate surface area is 189 Å². The summed E-state index contributed by atoms with van der Waals surface area (Å²) < 4.78 is 14.4. The van der Waals surface area contributed by atoms with E-state index >= 15 is 0 Å². The Morgan fingerprint density at radius 3 is 2.66 bits per heavy atom. The van der Waals surface area contributed by atoms with Gasteiger partial charge < -0.3 is 21.4 Å². The van der Waals surface area contributed by atoms with Gasteiger partial charge in [-0.3, -0.25) is 9.59 Å². The summed E-state index contributed by atoms with van der Waals surface area (Å²) in [5.41, 5.74) is 5.83. The van der Waals surface area contributed by atoms with Crippen LogP contribution in [0, 0.1) is 5.82 Å². The van der Waals surface area contributed by atoms with E-state index < -0.39 is 5.82 Å². The molecule has 3 heterocycles. The minimum atomic E-state index is -0.513. The first-order valence-corrected chi connectivity index (χ1v) is 10.6. The summed E-state index contributed by atoms with van der Waals surface area (Å²) in [5.74, 6) is -0.356. The molecule has 0 radical (unpaired) electrons. The number of rotatable bonds is 4. The number of nitrogens with one attached hydrogen (secondary N) is 3. The van der Waals surface area contributed by atoms with E-state index in [0.717, 1.165) is 37.3 Å². The van der Waals surface area contributed by atoms with Gasteiger partial charge in [0.25, 0.3) is 0 Å². The van der Waals surface area contributed by atoms with Crippen molar-refractivity contribution in [2.75, 3.05) is 5.32 Å². The van der Waals surface area contributed by atoms with E-state index in [1.165, 1.54) is 13.8 Å². The highest BCUT2D eigenvalue weighted by Gasteiger charge is 2.24. The number of aromatic amines is 1. The number of anilines is 1. The van der Waals surface area contributed by atoms with E-state index in [2.05, 4.69) is 36.3 Å². The summed E-state index contributed by atoms with van der Waals surface area (Å²) in [5, 5.41) is 7.40. The lowest BCUT2D eigenvalue weighted by molar-refractivity contribution is -0.120. The van der Waals surface area contributed by atoms with E-state index in [0.29, 0.717) is 22.1 Å². The second kappa shape index (κ2) is 10.4. The largest absolute Gasteiger partial charge is 0.370 e. The zero-order chi connectivity index (χ0) is 23.3. The summed E-state index contributed by atoms with van der Waals surface area (Å²) >= 11 is 6.05. The number of aromatic nitrogens is 4. The normalized spacial score (nSPS) is 17.9. The van der Waals surface area contributed by atoms with Crippen molar-refractivity contribution in [3.63, 3.8) is 0 Å². The maximum absolute atomic E-state index is 14.4. The van der Waals surface area contributed by atoms with Crippen molar-refractivity contribution in [1.29, 1.82) is 0 Å². The molecule has 0 saturated heterocycles. The van der Waals surface area contributed by atoms with Gasteiger partial charge in [-0.15, -0.1) is 0 Å². The first-order chi connectivity index (χ1) is 15.2. The molecule has 5 N–H and O–H groups in total. The highest BCUT2D eigenvalue weighted by molar-refractivity contribution is 6.31. The molecule has 0 spiro atoms. The minimum absolute atomic E-state index is 0.0296. The van der Waals surface area contributed by atoms with Gasteiger partial charge in [-0.1, -0.05) is 11.6 Å². The molecule has 1 aliphatic carbocycles. The molecule has 1 saturated carbocycles. The highest BCUT2D eigenvalue weighted by atomic mass is 35.5. The lowest BCUT2D eigenvalue weighted by atomic mass is 9.91. The molecular weight excluding hydrogens is 437 g/mol. The van der Waals surface area contributed by atoms with Gasteiger partial charge in [0.2, 0.25) is 11.8 Å². The van der Waals surface area contributed by atoms with Gasteiger partial charge in [-0.2, -0.15) is 0 Å². The number of carbonyl (C=O) groups is 2. The number of nitrogens with two attached hydrogens (primary N) is 1. The summed E-state index contributed by atoms with van der Waals surface area (Å²) in [6.07, 6.45) is 7.95. The number of carbonyl (C=O) groups excluding carboxylic acids is 2. The molecule has 2 atom stereocenters. The van der Waals surface area contributed by atoms with Crippen LogP contribution in [0.5, 0.6) is 0 Å². The molecule has 2 amide bonds. The summed E-state index contributed by atoms with van der Waals surface area (Å²) in [6.45, 7) is 2.82. The number of hydrogen-bond acceptors (Lipinski definition) is 6. The maximum atomic E-state index is 14.4. The van der Waals surface area contributed by atoms with Crippen LogP contribution in [-0.4, -0.2) is 43.8 Å². The van der Waals surface area contributed by atoms with Crippen LogP contribution in [0.25, 0.3) is 22.4 Å². The van der Waals surface area contributed by atoms with Gasteiger partial charge in [0.05, 0.1) is 11.2 Å². The molecule has 3 aromatic heterocycles. The minimum Gasteiger partial charge on any atom is -0.370 e. The van der Waals surface area contributed by atoms with Crippen molar-refractivity contribution in [2.45, 2.75) is 51.6 Å². The van der Waals surface area contributed by atoms with Crippen molar-refractivity contribution >= 4 is 40.3 Å². The predicted octanol–water partition coefficient (Wildman–Crippen LogP) is 3.16. The Bertz CT molecular complexity index is 1120. The lowest BCUT2D eigenvalue weighted by Crippen LogP contribution is -2.41. The number of hydrogen-bond donors (Lipinski definition) is 4. The molecule has 4 rings (SSSR count). The molecule has 1 fully saturated rings. The fraction of sp³-hybridized carbons (Fsp3) is 0.381. The second-order valence-electron chi connectivity index (χ2n) is 7.66. The van der Waals surface area contributed by atoms with Crippen LogP contribution < -0.4 is 16.4 Å². The molecule has 0 aliphatic heterocycles. The van der Waals surface area contributed by atoms with E-state index in [4.69, 9.17) is 11.6 Å². The standard InChI is InChI=1S/C19H20ClFN6O.C2H5NO/c1-10(28)25-12-3-2-4-13(6-12)26-19-16(21)9-24-18(27-19)15-8-23-17-14(15)5-11(20)7-22-17;1-2(3)4/h5,7-9,12-13H,2-4,6H2,1H3,(H,22,23)(H,25,28)(H,24,26,27);1H3,(H2,3,4)/t12-,13-;/m0./s1. The van der Waals surface area contributed by atoms with Gasteiger partial charge in [-0.25, -0.2) is 19.3 Å². The quantitative estimate of drug-likeness (QED) is 0.470. The number of halogens is 2. The first-order valence-electron chi connectivity index (χ1n) is 10.2. The van der Waals surface area contributed by atoms with Crippen LogP contribution in [0.2, 0.25) is 5.02 Å². The Hall–Kier alpha value is -3.27. The van der Waals surface area contributed by atoms with Crippen LogP contribution in [0.15, 0.2) is 24.7 Å². The van der Waals surface area contributed by atoms with Crippen molar-refractivity contribution in [2.24, 2.45) is 5.73 Å². The van der Waals surface area contributed by atoms with E-state index in [-0.39, 0.29) is 29.7 Å². The Kier molecular flexibility index (Phi) is 7.57. The molecular formula is C21H25ClFN7O2. The Morgan fingerprint density at radius 2 is 1.94 bits per heavy atom. The van der Waals surface area contributed by atoms with Crippen LogP contribution in [0.3, 0.4) is 0 Å². The van der Waals surface area contributed by atoms with E-state index in [1.807, 2.05) is 0 Å². The summed E-state index contributed by atoms with van der Waals surface area (Å²) in [6, 6.07) is 1.89. The van der Waals surface area contributed by atoms with Gasteiger partial charge >= 0.3 is 0 Å². The van der Waals surface area contributed by atoms with Crippen LogP contribution in [0.1, 0.15) is 39.5 Å². The van der Waals surface area contributed by atoms with E-state index in [1.54, 1.807) is 18.5 Å². The maximum Gasteiger partial charge on any atom is 0.217 e. The summed E-state index contributed by atoms with van der Waals surface area (Å²) in [7, 11) is 0. The van der Waals surface area contributed by atoms with Gasteiger partial charge in [0.15, 0.2) is 17.5 Å². The topological polar surface area (TPSA) is 139 Å². The van der Waals surface area contributed by atoms with Crippen molar-refractivity contribution in [3.8, 4) is 11.4 Å². The van der Waals surface area contributed by atoms with Crippen LogP contribution in [-0.2, 0) is 9.59 Å². The van der Waals surface area contributed by atoms with Gasteiger partial charge in [0, 0.05) is 49.3 Å². The average molecular weight is 462 g/mol. The smallest absolute Gasteiger partial charge is 0.217 e. The zero-order valence-electron chi connectivity index (χ0n) is 17.8. The molecule has 32 heavy (non-hydrogen) atoms. The predicted molar refractivity (Wildman–Crippen MR) is 120 cm³/mol. The third-order valence-corrected chi connectivity index (χ3v) is 5.11. The Balaban J connectivity index is 0.000000668. The molecule has 0 unspecified atom stereocenters. The fourth-order valence-corrected chi connectivity index (χ4v) is 3.85. The van der Waals surface area contributed by atoms with Gasteiger partial charge in [0.1, 0.15) is 5.65 Å². The Morgan fingerprint density at radius 1 is 1.22 bits per heavy atom. The van der Waals surface area contributed by atoms with Crippen LogP contribution in [0.4, 0.5) is 10.2 Å². The second-order valence-corrected chi connectivity index (χ2v) is 8.09. The average Bonchev–Trinajstić information content (AvgIpc) is 3.12. The molecule has 0 aromatic carbocycles. The van der Waals surface area contributed by atoms with Crippen molar-refractivity contribution in [1.82, 2.24) is 25.3 Å². The van der Waals surface area contributed by atoms with Crippen molar-refractivity contribution < 1.29 is 14.0 Å². The highest BCUT2D eigenvalue weighted by Crippen LogP contribution is 2.29. The number of fused-ring (bicyclic) bond motifs is 1. The molecule has 170 valence electrons. The van der Waals surface area contributed by atoms with Gasteiger partial charge in [-0.05, 0) is 31.7 Å². The third kappa shape index (κ3) is 6.13. The van der Waals surface area contributed by atoms with Crippen molar-refractivity contribution in [3.05, 3.63) is 35.5 Å². The van der Waals surface area contributed by atoms with Crippen LogP contribution >= 0.6 is 11.6 Å². The number of nitrogens with zero attached hydrogens (tertiary/aromatic N) is 3. The fourth-order valence-electron chi connectivity index (χ4n) is 3.69. The summed E-state index contributed by atoms with van der Waals surface area (Å²) in [4.78, 5) is 36.3. The molecule has 3 aromatic rings. The SMILES string of the molecule is CC(=O)N[C@H]1CCC[C@H](Nc2nc(-c3c[nH]c4ncc(Cl)cc34)ncc2F)C1.CC(N)=O. The molecule has 11 heteroatoms. The molecule has 1 aliphatic rings. The zero-order valence-corrected chi connectivity index (χ0v) is 18.5. The first kappa shape index (κ1) is 23.4. The number of amides is 2. The number of primary amides is 1. The number of pyridine rings is 1. The molecule has 0 bridgehead atoms. The molecule has 9 nitrogen and oxygen atoms in total.